The third-order valence-electron chi connectivity index (χ3n) is 5.95. The Bertz CT molecular complexity index is 797. The van der Waals surface area contributed by atoms with Crippen LogP contribution in [0.25, 0.3) is 0 Å². The van der Waals surface area contributed by atoms with Crippen molar-refractivity contribution in [1.29, 1.82) is 0 Å². The second-order valence-corrected chi connectivity index (χ2v) is 8.44. The number of aliphatic hydroxyl groups is 1. The van der Waals surface area contributed by atoms with E-state index in [1.165, 1.54) is 11.1 Å². The van der Waals surface area contributed by atoms with Crippen LogP contribution >= 0.6 is 15.9 Å². The van der Waals surface area contributed by atoms with Crippen molar-refractivity contribution >= 4 is 21.7 Å². The third kappa shape index (κ3) is 2.37. The average Bonchev–Trinajstić information content (AvgIpc) is 2.55. The normalized spacial score (nSPS) is 31.6. The molecule has 0 saturated heterocycles. The van der Waals surface area contributed by atoms with E-state index in [4.69, 9.17) is 0 Å². The van der Waals surface area contributed by atoms with Crippen LogP contribution in [-0.4, -0.2) is 16.5 Å². The van der Waals surface area contributed by atoms with E-state index in [9.17, 15) is 9.90 Å². The number of hydrogen-bond acceptors (Lipinski definition) is 2. The van der Waals surface area contributed by atoms with Gasteiger partial charge < -0.3 is 5.11 Å². The fourth-order valence-electron chi connectivity index (χ4n) is 4.59. The van der Waals surface area contributed by atoms with Crippen molar-refractivity contribution in [3.05, 3.63) is 69.7 Å². The molecule has 1 N–H and O–H groups in total. The van der Waals surface area contributed by atoms with Crippen molar-refractivity contribution < 1.29 is 9.90 Å². The smallest absolute Gasteiger partial charge is 0.150 e. The van der Waals surface area contributed by atoms with Gasteiger partial charge in [0.25, 0.3) is 0 Å². The number of hydrogen-bond donors (Lipinski definition) is 1. The van der Waals surface area contributed by atoms with E-state index in [-0.39, 0.29) is 11.7 Å². The van der Waals surface area contributed by atoms with Gasteiger partial charge in [0.05, 0.1) is 16.9 Å². The Balaban J connectivity index is 1.88. The summed E-state index contributed by atoms with van der Waals surface area (Å²) in [6, 6.07) is 16.5. The summed E-state index contributed by atoms with van der Waals surface area (Å²) < 4.78 is 1.03. The summed E-state index contributed by atoms with van der Waals surface area (Å²) in [7, 11) is 0. The van der Waals surface area contributed by atoms with Gasteiger partial charge in [-0.3, -0.25) is 4.79 Å². The third-order valence-corrected chi connectivity index (χ3v) is 6.45. The minimum Gasteiger partial charge on any atom is -0.389 e. The molecule has 3 heteroatoms. The van der Waals surface area contributed by atoms with Gasteiger partial charge in [-0.1, -0.05) is 52.3 Å². The summed E-state index contributed by atoms with van der Waals surface area (Å²) in [4.78, 5) is 13.4. The molecular weight excluding hydrogens is 364 g/mol. The zero-order chi connectivity index (χ0) is 16.9. The average molecular weight is 385 g/mol. The van der Waals surface area contributed by atoms with Gasteiger partial charge in [-0.05, 0) is 61.4 Å². The van der Waals surface area contributed by atoms with E-state index < -0.39 is 11.0 Å². The zero-order valence-corrected chi connectivity index (χ0v) is 15.3. The molecule has 1 saturated carbocycles. The van der Waals surface area contributed by atoms with E-state index in [1.807, 2.05) is 31.2 Å². The van der Waals surface area contributed by atoms with Crippen LogP contribution in [0.15, 0.2) is 53.0 Å². The molecule has 0 heterocycles. The molecule has 2 aliphatic carbocycles. The summed E-state index contributed by atoms with van der Waals surface area (Å²) >= 11 is 3.55. The van der Waals surface area contributed by atoms with Crippen molar-refractivity contribution in [2.45, 2.75) is 43.6 Å². The first-order valence-electron chi connectivity index (χ1n) is 8.52. The van der Waals surface area contributed by atoms with Gasteiger partial charge in [-0.25, -0.2) is 0 Å². The topological polar surface area (TPSA) is 37.3 Å². The Morgan fingerprint density at radius 2 is 1.92 bits per heavy atom. The largest absolute Gasteiger partial charge is 0.389 e. The first-order chi connectivity index (χ1) is 11.4. The number of halogens is 1. The second kappa shape index (κ2) is 5.53. The molecule has 1 fully saturated rings. The minimum atomic E-state index is -0.905. The van der Waals surface area contributed by atoms with Crippen molar-refractivity contribution in [2.24, 2.45) is 5.92 Å². The molecule has 4 rings (SSSR count). The Kier molecular flexibility index (Phi) is 3.70. The molecule has 3 atom stereocenters. The Morgan fingerprint density at radius 1 is 1.17 bits per heavy atom. The first kappa shape index (κ1) is 16.0. The molecule has 0 aliphatic heterocycles. The van der Waals surface area contributed by atoms with Crippen molar-refractivity contribution in [3.8, 4) is 0 Å². The number of rotatable bonds is 2. The lowest BCUT2D eigenvalue weighted by atomic mass is 9.53. The highest BCUT2D eigenvalue weighted by atomic mass is 79.9. The van der Waals surface area contributed by atoms with Crippen molar-refractivity contribution in [1.82, 2.24) is 0 Å². The van der Waals surface area contributed by atoms with Crippen molar-refractivity contribution in [2.75, 3.05) is 0 Å². The van der Waals surface area contributed by atoms with Crippen LogP contribution in [0.4, 0.5) is 0 Å². The maximum atomic E-state index is 13.4. The highest BCUT2D eigenvalue weighted by Crippen LogP contribution is 2.51. The van der Waals surface area contributed by atoms with E-state index in [0.29, 0.717) is 25.7 Å². The number of fused-ring (bicyclic) bond motifs is 4. The Labute approximate surface area is 151 Å². The predicted octanol–water partition coefficient (Wildman–Crippen LogP) is 4.22. The number of carbonyl (C=O) groups excluding carboxylic acids is 1. The quantitative estimate of drug-likeness (QED) is 0.841. The molecule has 1 unspecified atom stereocenters. The molecule has 2 nitrogen and oxygen atoms in total. The highest BCUT2D eigenvalue weighted by Gasteiger charge is 2.56. The molecule has 2 aliphatic rings. The van der Waals surface area contributed by atoms with Crippen LogP contribution < -0.4 is 0 Å². The SMILES string of the molecule is C[C@@]1(O)CC[C@]2(Cc3ccccc3)C(=O)C1Cc1cc(Br)ccc12. The van der Waals surface area contributed by atoms with Crippen molar-refractivity contribution in [3.63, 3.8) is 0 Å². The molecular formula is C21H21BrO2. The summed E-state index contributed by atoms with van der Waals surface area (Å²) in [5, 5.41) is 10.8. The molecule has 0 spiro atoms. The van der Waals surface area contributed by atoms with Gasteiger partial charge in [-0.2, -0.15) is 0 Å². The van der Waals surface area contributed by atoms with Crippen LogP contribution in [-0.2, 0) is 23.1 Å². The van der Waals surface area contributed by atoms with Gasteiger partial charge in [-0.15, -0.1) is 0 Å². The summed E-state index contributed by atoms with van der Waals surface area (Å²) in [6.45, 7) is 1.82. The van der Waals surface area contributed by atoms with Gasteiger partial charge >= 0.3 is 0 Å². The Hall–Kier alpha value is -1.45. The van der Waals surface area contributed by atoms with Crippen LogP contribution in [0.5, 0.6) is 0 Å². The predicted molar refractivity (Wildman–Crippen MR) is 98.0 cm³/mol. The van der Waals surface area contributed by atoms with E-state index in [2.05, 4.69) is 40.2 Å². The molecule has 2 bridgehead atoms. The van der Waals surface area contributed by atoms with Crippen LogP contribution in [0.2, 0.25) is 0 Å². The van der Waals surface area contributed by atoms with Crippen LogP contribution in [0.1, 0.15) is 36.5 Å². The number of benzene rings is 2. The molecule has 124 valence electrons. The molecule has 0 radical (unpaired) electrons. The highest BCUT2D eigenvalue weighted by molar-refractivity contribution is 9.10. The second-order valence-electron chi connectivity index (χ2n) is 7.52. The fraction of sp³-hybridized carbons (Fsp3) is 0.381. The summed E-state index contributed by atoms with van der Waals surface area (Å²) in [5.41, 5.74) is 2.14. The monoisotopic (exact) mass is 384 g/mol. The zero-order valence-electron chi connectivity index (χ0n) is 13.8. The van der Waals surface area contributed by atoms with E-state index in [1.54, 1.807) is 0 Å². The molecule has 24 heavy (non-hydrogen) atoms. The van der Waals surface area contributed by atoms with Gasteiger partial charge in [0.1, 0.15) is 5.78 Å². The molecule has 2 aromatic carbocycles. The minimum absolute atomic E-state index is 0.220. The van der Waals surface area contributed by atoms with E-state index in [0.717, 1.165) is 10.0 Å². The maximum Gasteiger partial charge on any atom is 0.150 e. The standard InChI is InChI=1S/C21H21BrO2/c1-20(24)9-10-21(13-14-5-3-2-4-6-14)17-8-7-16(22)11-15(17)12-18(20)19(21)23/h2-8,11,18,24H,9-10,12-13H2,1H3/t18?,20-,21-/m1/s1. The maximum absolute atomic E-state index is 13.4. The van der Waals surface area contributed by atoms with Gasteiger partial charge in [0.15, 0.2) is 0 Å². The van der Waals surface area contributed by atoms with Gasteiger partial charge in [0.2, 0.25) is 0 Å². The van der Waals surface area contributed by atoms with Crippen LogP contribution in [0, 0.1) is 5.92 Å². The number of Topliss-reactive ketones (excluding diaryl/α,β-unsaturated/α-hetero) is 1. The lowest BCUT2D eigenvalue weighted by Crippen LogP contribution is -2.58. The summed E-state index contributed by atoms with van der Waals surface area (Å²) in [5.74, 6) is -0.0887. The lowest BCUT2D eigenvalue weighted by molar-refractivity contribution is -0.146. The fourth-order valence-corrected chi connectivity index (χ4v) is 5.00. The molecule has 0 amide bonds. The van der Waals surface area contributed by atoms with E-state index >= 15 is 0 Å². The first-order valence-corrected chi connectivity index (χ1v) is 9.31. The lowest BCUT2D eigenvalue weighted by Gasteiger charge is -2.51. The van der Waals surface area contributed by atoms with Gasteiger partial charge in [0, 0.05) is 4.47 Å². The number of ketones is 1. The molecule has 2 aromatic rings. The molecule has 0 aromatic heterocycles. The summed E-state index contributed by atoms with van der Waals surface area (Å²) in [6.07, 6.45) is 2.73. The number of carbonyl (C=O) groups is 1. The Morgan fingerprint density at radius 3 is 2.67 bits per heavy atom. The van der Waals surface area contributed by atoms with Crippen LogP contribution in [0.3, 0.4) is 0 Å².